The Morgan fingerprint density at radius 2 is 1.06 bits per heavy atom. The van der Waals surface area contributed by atoms with Crippen molar-refractivity contribution in [1.82, 2.24) is 14.5 Å². The Labute approximate surface area is 296 Å². The number of hydrogen-bond acceptors (Lipinski definition) is 3. The number of fused-ring (bicyclic) bond motifs is 10. The van der Waals surface area contributed by atoms with Gasteiger partial charge < -0.3 is 0 Å². The molecule has 0 bridgehead atoms. The number of hydrogen-bond donors (Lipinski definition) is 0. The van der Waals surface area contributed by atoms with Gasteiger partial charge in [-0.05, 0) is 0 Å². The number of aromatic nitrogens is 3. The third-order valence-corrected chi connectivity index (χ3v) is 20.9. The molecule has 0 N–H and O–H groups in total. The predicted molar refractivity (Wildman–Crippen MR) is 212 cm³/mol. The van der Waals surface area contributed by atoms with Gasteiger partial charge in [-0.25, -0.2) is 0 Å². The van der Waals surface area contributed by atoms with Crippen molar-refractivity contribution in [2.45, 2.75) is 0 Å². The van der Waals surface area contributed by atoms with Crippen LogP contribution < -0.4 is 17.6 Å². The second-order valence-corrected chi connectivity index (χ2v) is 21.0. The van der Waals surface area contributed by atoms with Gasteiger partial charge in [0.25, 0.3) is 0 Å². The van der Waals surface area contributed by atoms with Crippen molar-refractivity contribution in [3.8, 4) is 28.5 Å². The van der Waals surface area contributed by atoms with Crippen molar-refractivity contribution in [3.05, 3.63) is 176 Å². The third kappa shape index (κ3) is 3.91. The van der Waals surface area contributed by atoms with Crippen molar-refractivity contribution in [2.75, 3.05) is 0 Å². The topological polar surface area (TPSA) is 43.9 Å². The Bertz CT molecular complexity index is 2930. The summed E-state index contributed by atoms with van der Waals surface area (Å²) < 4.78 is 14.3. The molecule has 4 heterocycles. The van der Waals surface area contributed by atoms with Gasteiger partial charge >= 0.3 is 298 Å². The van der Waals surface area contributed by atoms with Crippen LogP contribution in [0, 0.1) is 0 Å². The number of para-hydroxylation sites is 2. The first-order chi connectivity index (χ1) is 25.3. The van der Waals surface area contributed by atoms with E-state index in [4.69, 9.17) is 14.4 Å². The van der Waals surface area contributed by atoms with Crippen molar-refractivity contribution < 1.29 is 4.42 Å². The van der Waals surface area contributed by atoms with E-state index >= 15 is 0 Å². The summed E-state index contributed by atoms with van der Waals surface area (Å²) in [6.07, 6.45) is 0. The second-order valence-electron chi connectivity index (χ2n) is 13.3. The molecule has 0 radical (unpaired) electrons. The van der Waals surface area contributed by atoms with E-state index in [1.165, 1.54) is 23.1 Å². The van der Waals surface area contributed by atoms with Gasteiger partial charge in [-0.3, -0.25) is 0 Å². The molecule has 0 spiro atoms. The fourth-order valence-corrected chi connectivity index (χ4v) is 19.6. The Morgan fingerprint density at radius 1 is 0.471 bits per heavy atom. The molecule has 0 unspecified atom stereocenters. The van der Waals surface area contributed by atoms with E-state index in [1.807, 2.05) is 12.1 Å². The summed E-state index contributed by atoms with van der Waals surface area (Å²) in [5, 5.41) is 4.44. The first-order valence-electron chi connectivity index (χ1n) is 17.3. The summed E-state index contributed by atoms with van der Waals surface area (Å²) >= 11 is -3.67. The fourth-order valence-electron chi connectivity index (χ4n) is 8.64. The molecule has 0 fully saturated rings. The van der Waals surface area contributed by atoms with Crippen LogP contribution in [0.5, 0.6) is 0 Å². The van der Waals surface area contributed by atoms with E-state index in [1.54, 1.807) is 0 Å². The van der Waals surface area contributed by atoms with Gasteiger partial charge in [0.2, 0.25) is 0 Å². The van der Waals surface area contributed by atoms with Crippen LogP contribution in [-0.2, 0) is 0 Å². The second kappa shape index (κ2) is 10.9. The predicted octanol–water partition coefficient (Wildman–Crippen LogP) is 8.50. The van der Waals surface area contributed by atoms with Gasteiger partial charge in [-0.1, -0.05) is 0 Å². The van der Waals surface area contributed by atoms with Gasteiger partial charge in [-0.2, -0.15) is 0 Å². The molecule has 5 heteroatoms. The summed E-state index contributed by atoms with van der Waals surface area (Å²) in [6, 6.07) is 63.2. The first kappa shape index (κ1) is 28.6. The molecule has 0 saturated heterocycles. The van der Waals surface area contributed by atoms with Gasteiger partial charge in [-0.15, -0.1) is 0 Å². The van der Waals surface area contributed by atoms with E-state index in [0.717, 1.165) is 60.7 Å². The molecule has 11 rings (SSSR count). The zero-order valence-corrected chi connectivity index (χ0v) is 29.6. The molecule has 51 heavy (non-hydrogen) atoms. The van der Waals surface area contributed by atoms with Gasteiger partial charge in [0.05, 0.1) is 0 Å². The maximum atomic E-state index is 6.70. The summed E-state index contributed by atoms with van der Waals surface area (Å²) in [4.78, 5) is 11.4. The molecule has 0 saturated carbocycles. The first-order valence-corrected chi connectivity index (χ1v) is 21.5. The van der Waals surface area contributed by atoms with E-state index in [9.17, 15) is 0 Å². The number of nitrogens with zero attached hydrogens (tertiary/aromatic N) is 3. The zero-order valence-electron chi connectivity index (χ0n) is 27.5. The van der Waals surface area contributed by atoms with Crippen molar-refractivity contribution in [2.24, 2.45) is 0 Å². The average Bonchev–Trinajstić information content (AvgIpc) is 3.85. The van der Waals surface area contributed by atoms with Crippen LogP contribution >= 0.6 is 0 Å². The molecular weight excluding hydrogens is 683 g/mol. The Balaban J connectivity index is 1.34. The molecule has 0 amide bonds. The van der Waals surface area contributed by atoms with Crippen LogP contribution in [0.3, 0.4) is 0 Å². The molecule has 4 nitrogen and oxygen atoms in total. The monoisotopic (exact) mass is 713 g/mol. The molecule has 0 aliphatic carbocycles. The average molecular weight is 712 g/mol. The number of furan rings is 1. The molecular formula is C46H29GeN3O. The van der Waals surface area contributed by atoms with Gasteiger partial charge in [0.1, 0.15) is 0 Å². The van der Waals surface area contributed by atoms with E-state index < -0.39 is 13.3 Å². The third-order valence-electron chi connectivity index (χ3n) is 10.7. The number of rotatable bonds is 4. The minimum atomic E-state index is -3.67. The van der Waals surface area contributed by atoms with E-state index in [2.05, 4.69) is 168 Å². The minimum absolute atomic E-state index is 0.640. The summed E-state index contributed by atoms with van der Waals surface area (Å²) in [6.45, 7) is 0. The van der Waals surface area contributed by atoms with Crippen LogP contribution in [0.4, 0.5) is 0 Å². The Hall–Kier alpha value is -6.24. The van der Waals surface area contributed by atoms with Crippen molar-refractivity contribution in [1.29, 1.82) is 0 Å². The molecule has 10 aromatic rings. The Kier molecular flexibility index (Phi) is 6.10. The van der Waals surface area contributed by atoms with E-state index in [-0.39, 0.29) is 0 Å². The zero-order chi connectivity index (χ0) is 33.5. The molecule has 3 aromatic heterocycles. The SMILES string of the molecule is c1ccc(-c2nc(-n3c4ccccc4c4ccc5c6ccccc6oc5c43)nc3[c]2[Ge]([c]2ccccc2)([c]2ccccc2)[c]2ccccc2-3)cc1. The summed E-state index contributed by atoms with van der Waals surface area (Å²) in [7, 11) is 0. The van der Waals surface area contributed by atoms with E-state index in [0.29, 0.717) is 5.95 Å². The standard InChI is InChI=1S/C46H29GeN3O/c1-4-16-30(17-5-1)42-41-43(37-24-10-13-25-38(37)47(41,31-18-6-2-7-19-31)32-20-8-3-9-21-32)49-46(48-42)50-39-26-14-11-22-33(39)35-28-29-36-34-23-12-15-27-40(34)51-45(36)44(35)50/h1-29H. The quantitative estimate of drug-likeness (QED) is 0.172. The fraction of sp³-hybridized carbons (Fsp3) is 0. The van der Waals surface area contributed by atoms with Crippen molar-refractivity contribution in [3.63, 3.8) is 0 Å². The summed E-state index contributed by atoms with van der Waals surface area (Å²) in [5.41, 5.74) is 8.02. The van der Waals surface area contributed by atoms with Crippen molar-refractivity contribution >= 4 is 74.6 Å². The molecule has 238 valence electrons. The Morgan fingerprint density at radius 3 is 1.82 bits per heavy atom. The maximum absolute atomic E-state index is 6.70. The van der Waals surface area contributed by atoms with Crippen LogP contribution in [0.1, 0.15) is 0 Å². The van der Waals surface area contributed by atoms with Crippen LogP contribution in [0.25, 0.3) is 72.2 Å². The van der Waals surface area contributed by atoms with Crippen LogP contribution in [0.2, 0.25) is 0 Å². The summed E-state index contributed by atoms with van der Waals surface area (Å²) in [5.74, 6) is 0.640. The van der Waals surface area contributed by atoms with Crippen LogP contribution in [-0.4, -0.2) is 27.8 Å². The van der Waals surface area contributed by atoms with Crippen LogP contribution in [0.15, 0.2) is 180 Å². The van der Waals surface area contributed by atoms with Gasteiger partial charge in [0.15, 0.2) is 0 Å². The normalized spacial score (nSPS) is 13.3. The molecule has 1 aliphatic rings. The molecule has 1 aliphatic heterocycles. The molecule has 0 atom stereocenters. The number of benzene rings is 7. The van der Waals surface area contributed by atoms with Gasteiger partial charge in [0, 0.05) is 0 Å². The molecule has 7 aromatic carbocycles.